The Labute approximate surface area is 193 Å². The Morgan fingerprint density at radius 1 is 0.750 bits per heavy atom. The fourth-order valence-electron chi connectivity index (χ4n) is 3.07. The summed E-state index contributed by atoms with van der Waals surface area (Å²) < 4.78 is 0. The Kier molecular flexibility index (Phi) is 14.4. The lowest BCUT2D eigenvalue weighted by Crippen LogP contribution is -2.42. The molecule has 0 spiro atoms. The van der Waals surface area contributed by atoms with Crippen LogP contribution in [0.5, 0.6) is 0 Å². The van der Waals surface area contributed by atoms with Crippen molar-refractivity contribution in [3.63, 3.8) is 0 Å². The summed E-state index contributed by atoms with van der Waals surface area (Å²) in [4.78, 5) is 56.8. The predicted octanol–water partition coefficient (Wildman–Crippen LogP) is 5.77. The van der Waals surface area contributed by atoms with Crippen molar-refractivity contribution in [1.29, 1.82) is 0 Å². The van der Waals surface area contributed by atoms with E-state index in [0.717, 1.165) is 32.1 Å². The van der Waals surface area contributed by atoms with Gasteiger partial charge in [-0.05, 0) is 59.3 Å². The van der Waals surface area contributed by atoms with Crippen molar-refractivity contribution in [1.82, 2.24) is 0 Å². The second-order valence-corrected chi connectivity index (χ2v) is 9.26. The predicted molar refractivity (Wildman–Crippen MR) is 120 cm³/mol. The third-order valence-corrected chi connectivity index (χ3v) is 5.78. The maximum atomic E-state index is 12.3. The maximum absolute atomic E-state index is 12.3. The summed E-state index contributed by atoms with van der Waals surface area (Å²) in [6, 6.07) is 0. The zero-order valence-corrected chi connectivity index (χ0v) is 21.0. The first-order valence-corrected chi connectivity index (χ1v) is 12.0. The molecule has 3 unspecified atom stereocenters. The standard InChI is InChI=1S/C24H44O8/c1-8-12-14-18(10-3)20(25)29-31-23(5,6)16-17-24(7,22(27)28)32-30-21(26)19(11-4)15-13-9-2/h18-19H,8-17H2,1-7H3,(H,27,28). The highest BCUT2D eigenvalue weighted by Crippen LogP contribution is 2.27. The summed E-state index contributed by atoms with van der Waals surface area (Å²) in [6.45, 7) is 12.6. The summed E-state index contributed by atoms with van der Waals surface area (Å²) in [5.74, 6) is -2.79. The van der Waals surface area contributed by atoms with Gasteiger partial charge >= 0.3 is 17.9 Å². The Morgan fingerprint density at radius 3 is 1.56 bits per heavy atom. The van der Waals surface area contributed by atoms with Crippen LogP contribution in [-0.4, -0.2) is 34.2 Å². The molecular formula is C24H44O8. The van der Waals surface area contributed by atoms with Crippen molar-refractivity contribution in [3.8, 4) is 0 Å². The Morgan fingerprint density at radius 2 is 1.19 bits per heavy atom. The van der Waals surface area contributed by atoms with Gasteiger partial charge in [-0.1, -0.05) is 53.4 Å². The molecule has 0 saturated heterocycles. The van der Waals surface area contributed by atoms with Gasteiger partial charge in [0.15, 0.2) is 0 Å². The minimum Gasteiger partial charge on any atom is -0.479 e. The lowest BCUT2D eigenvalue weighted by Gasteiger charge is -2.29. The molecular weight excluding hydrogens is 416 g/mol. The van der Waals surface area contributed by atoms with Crippen molar-refractivity contribution < 1.29 is 39.0 Å². The first-order valence-electron chi connectivity index (χ1n) is 12.0. The van der Waals surface area contributed by atoms with Crippen LogP contribution < -0.4 is 0 Å². The number of carboxylic acid groups (broad SMARTS) is 1. The summed E-state index contributed by atoms with van der Waals surface area (Å²) in [7, 11) is 0. The number of rotatable bonds is 18. The Hall–Kier alpha value is -1.67. The first kappa shape index (κ1) is 30.3. The molecule has 0 aromatic rings. The molecule has 3 atom stereocenters. The van der Waals surface area contributed by atoms with Gasteiger partial charge in [-0.3, -0.25) is 9.78 Å². The van der Waals surface area contributed by atoms with Gasteiger partial charge in [-0.15, -0.1) is 0 Å². The fraction of sp³-hybridized carbons (Fsp3) is 0.875. The van der Waals surface area contributed by atoms with Crippen LogP contribution in [0.15, 0.2) is 0 Å². The van der Waals surface area contributed by atoms with Gasteiger partial charge < -0.3 is 5.11 Å². The average molecular weight is 461 g/mol. The van der Waals surface area contributed by atoms with Gasteiger partial charge in [0.1, 0.15) is 5.60 Å². The molecule has 32 heavy (non-hydrogen) atoms. The van der Waals surface area contributed by atoms with Crippen LogP contribution in [0.25, 0.3) is 0 Å². The van der Waals surface area contributed by atoms with Gasteiger partial charge in [0, 0.05) is 0 Å². The highest BCUT2D eigenvalue weighted by molar-refractivity contribution is 5.77. The third-order valence-electron chi connectivity index (χ3n) is 5.78. The van der Waals surface area contributed by atoms with Crippen molar-refractivity contribution in [2.75, 3.05) is 0 Å². The van der Waals surface area contributed by atoms with Gasteiger partial charge in [-0.2, -0.15) is 9.78 Å². The molecule has 1 N–H and O–H groups in total. The summed E-state index contributed by atoms with van der Waals surface area (Å²) in [5, 5.41) is 9.64. The van der Waals surface area contributed by atoms with Gasteiger partial charge in [0.25, 0.3) is 0 Å². The normalized spacial score (nSPS) is 15.5. The number of carboxylic acids is 1. The van der Waals surface area contributed by atoms with Gasteiger partial charge in [0.2, 0.25) is 5.60 Å². The van der Waals surface area contributed by atoms with Crippen LogP contribution in [0, 0.1) is 11.8 Å². The lowest BCUT2D eigenvalue weighted by molar-refractivity contribution is -0.342. The average Bonchev–Trinajstić information content (AvgIpc) is 2.75. The van der Waals surface area contributed by atoms with Crippen LogP contribution in [0.2, 0.25) is 0 Å². The minimum atomic E-state index is -1.75. The number of carbonyl (C=O) groups is 3. The van der Waals surface area contributed by atoms with E-state index in [1.807, 2.05) is 20.8 Å². The Bertz CT molecular complexity index is 574. The number of aliphatic carboxylic acids is 1. The van der Waals surface area contributed by atoms with Crippen LogP contribution in [0.1, 0.15) is 113 Å². The largest absolute Gasteiger partial charge is 0.479 e. The van der Waals surface area contributed by atoms with Gasteiger partial charge in [0.05, 0.1) is 11.8 Å². The lowest BCUT2D eigenvalue weighted by atomic mass is 9.93. The molecule has 0 aliphatic carbocycles. The second-order valence-electron chi connectivity index (χ2n) is 9.26. The molecule has 0 bridgehead atoms. The minimum absolute atomic E-state index is 0.0149. The molecule has 0 heterocycles. The van der Waals surface area contributed by atoms with Crippen molar-refractivity contribution in [2.24, 2.45) is 11.8 Å². The molecule has 8 nitrogen and oxygen atoms in total. The van der Waals surface area contributed by atoms with E-state index in [1.165, 1.54) is 6.92 Å². The molecule has 0 aliphatic rings. The van der Waals surface area contributed by atoms with E-state index in [2.05, 4.69) is 6.92 Å². The van der Waals surface area contributed by atoms with Crippen LogP contribution in [-0.2, 0) is 33.9 Å². The number of carbonyl (C=O) groups excluding carboxylic acids is 2. The smallest absolute Gasteiger partial charge is 0.345 e. The third kappa shape index (κ3) is 11.3. The molecule has 8 heteroatoms. The summed E-state index contributed by atoms with van der Waals surface area (Å²) >= 11 is 0. The number of hydrogen-bond donors (Lipinski definition) is 1. The molecule has 188 valence electrons. The molecule has 0 rings (SSSR count). The number of unbranched alkanes of at least 4 members (excludes halogenated alkanes) is 2. The monoisotopic (exact) mass is 460 g/mol. The van der Waals surface area contributed by atoms with Gasteiger partial charge in [-0.25, -0.2) is 14.4 Å². The molecule has 0 saturated carbocycles. The Balaban J connectivity index is 4.83. The fourth-order valence-corrected chi connectivity index (χ4v) is 3.07. The molecule has 0 amide bonds. The van der Waals surface area contributed by atoms with E-state index >= 15 is 0 Å². The molecule has 0 aliphatic heterocycles. The second kappa shape index (κ2) is 15.2. The molecule has 0 fully saturated rings. The van der Waals surface area contributed by atoms with Crippen molar-refractivity contribution >= 4 is 17.9 Å². The highest BCUT2D eigenvalue weighted by atomic mass is 17.2. The van der Waals surface area contributed by atoms with E-state index in [4.69, 9.17) is 19.6 Å². The molecule has 0 radical (unpaired) electrons. The van der Waals surface area contributed by atoms with E-state index in [9.17, 15) is 19.5 Å². The molecule has 0 aromatic carbocycles. The van der Waals surface area contributed by atoms with E-state index in [0.29, 0.717) is 19.3 Å². The maximum Gasteiger partial charge on any atom is 0.345 e. The van der Waals surface area contributed by atoms with Crippen LogP contribution in [0.4, 0.5) is 0 Å². The molecule has 0 aromatic heterocycles. The van der Waals surface area contributed by atoms with Crippen molar-refractivity contribution in [3.05, 3.63) is 0 Å². The summed E-state index contributed by atoms with van der Waals surface area (Å²) in [5.41, 5.74) is -2.70. The zero-order valence-electron chi connectivity index (χ0n) is 21.0. The van der Waals surface area contributed by atoms with E-state index in [-0.39, 0.29) is 24.7 Å². The first-order chi connectivity index (χ1) is 15.0. The van der Waals surface area contributed by atoms with E-state index < -0.39 is 29.1 Å². The number of hydrogen-bond acceptors (Lipinski definition) is 7. The SMILES string of the molecule is CCCCC(CC)C(=O)OOC(C)(C)CCC(C)(OOC(=O)C(CC)CCCC)C(=O)O. The zero-order chi connectivity index (χ0) is 24.8. The van der Waals surface area contributed by atoms with E-state index in [1.54, 1.807) is 13.8 Å². The van der Waals surface area contributed by atoms with Crippen LogP contribution >= 0.6 is 0 Å². The van der Waals surface area contributed by atoms with Crippen molar-refractivity contribution in [2.45, 2.75) is 124 Å². The highest BCUT2D eigenvalue weighted by Gasteiger charge is 2.40. The topological polar surface area (TPSA) is 108 Å². The summed E-state index contributed by atoms with van der Waals surface area (Å²) in [6.07, 6.45) is 6.60. The van der Waals surface area contributed by atoms with Crippen LogP contribution in [0.3, 0.4) is 0 Å². The quantitative estimate of drug-likeness (QED) is 0.203.